The summed E-state index contributed by atoms with van der Waals surface area (Å²) in [5.41, 5.74) is 2.53. The highest BCUT2D eigenvalue weighted by Crippen LogP contribution is 2.38. The summed E-state index contributed by atoms with van der Waals surface area (Å²) in [5, 5.41) is 11.3. The molecule has 2 aromatic heterocycles. The van der Waals surface area contributed by atoms with E-state index in [9.17, 15) is 9.18 Å². The van der Waals surface area contributed by atoms with E-state index in [0.29, 0.717) is 28.2 Å². The molecule has 1 aliphatic carbocycles. The van der Waals surface area contributed by atoms with Crippen molar-refractivity contribution in [3.63, 3.8) is 0 Å². The van der Waals surface area contributed by atoms with Gasteiger partial charge in [0.1, 0.15) is 17.1 Å². The van der Waals surface area contributed by atoms with Gasteiger partial charge in [-0.25, -0.2) is 18.9 Å². The molecule has 30 heavy (non-hydrogen) atoms. The van der Waals surface area contributed by atoms with Crippen molar-refractivity contribution in [2.24, 2.45) is 0 Å². The fourth-order valence-electron chi connectivity index (χ4n) is 3.41. The molecule has 1 aliphatic rings. The number of carbonyl (C=O) groups excluding carboxylic acids is 1. The number of thiophene rings is 1. The number of ether oxygens (including phenoxy) is 1. The molecule has 0 fully saturated rings. The third kappa shape index (κ3) is 4.49. The summed E-state index contributed by atoms with van der Waals surface area (Å²) in [7, 11) is 1.38. The summed E-state index contributed by atoms with van der Waals surface area (Å²) < 4.78 is 19.6. The lowest BCUT2D eigenvalue weighted by atomic mass is 9.95. The minimum Gasteiger partial charge on any atom is -0.465 e. The lowest BCUT2D eigenvalue weighted by Crippen LogP contribution is -2.21. The molecule has 10 heteroatoms. The first-order chi connectivity index (χ1) is 14.5. The maximum absolute atomic E-state index is 13.0. The molecule has 2 N–H and O–H groups in total. The molecule has 7 nitrogen and oxygen atoms in total. The highest BCUT2D eigenvalue weighted by molar-refractivity contribution is 7.80. The normalized spacial score (nSPS) is 12.9. The second-order valence-electron chi connectivity index (χ2n) is 6.88. The average molecular weight is 446 g/mol. The Kier molecular flexibility index (Phi) is 6.05. The van der Waals surface area contributed by atoms with Crippen LogP contribution in [0, 0.1) is 5.82 Å². The number of carbonyl (C=O) groups is 1. The van der Waals surface area contributed by atoms with Gasteiger partial charge in [-0.1, -0.05) is 12.1 Å². The van der Waals surface area contributed by atoms with Gasteiger partial charge in [0.15, 0.2) is 5.11 Å². The quantitative estimate of drug-likeness (QED) is 0.454. The zero-order chi connectivity index (χ0) is 21.1. The number of hydrogen-bond donors (Lipinski definition) is 2. The van der Waals surface area contributed by atoms with Gasteiger partial charge in [0.05, 0.1) is 19.2 Å². The van der Waals surface area contributed by atoms with Crippen LogP contribution in [0.1, 0.15) is 39.2 Å². The number of hydrogen-bond acceptors (Lipinski definition) is 6. The zero-order valence-corrected chi connectivity index (χ0v) is 17.9. The average Bonchev–Trinajstić information content (AvgIpc) is 3.32. The molecule has 0 bridgehead atoms. The fourth-order valence-corrected chi connectivity index (χ4v) is 4.95. The Morgan fingerprint density at radius 1 is 1.27 bits per heavy atom. The first kappa shape index (κ1) is 20.4. The molecule has 0 aliphatic heterocycles. The van der Waals surface area contributed by atoms with Crippen molar-refractivity contribution in [1.82, 2.24) is 14.8 Å². The summed E-state index contributed by atoms with van der Waals surface area (Å²) >= 11 is 6.93. The fraction of sp³-hybridized carbons (Fsp3) is 0.300. The molecule has 0 unspecified atom stereocenters. The van der Waals surface area contributed by atoms with Crippen LogP contribution >= 0.6 is 23.6 Å². The van der Waals surface area contributed by atoms with Crippen LogP contribution < -0.4 is 10.6 Å². The second kappa shape index (κ2) is 8.88. The molecule has 0 radical (unpaired) electrons. The van der Waals surface area contributed by atoms with E-state index in [1.807, 2.05) is 0 Å². The van der Waals surface area contributed by atoms with Crippen LogP contribution in [-0.4, -0.2) is 33.0 Å². The first-order valence-electron chi connectivity index (χ1n) is 9.48. The number of aromatic nitrogens is 3. The van der Waals surface area contributed by atoms with Crippen molar-refractivity contribution >= 4 is 45.6 Å². The predicted molar refractivity (Wildman–Crippen MR) is 118 cm³/mol. The SMILES string of the molecule is COC(=O)c1c(NC(=S)Nc2ncn(Cc3ccc(F)cc3)n2)sc2c1CCCC2. The summed E-state index contributed by atoms with van der Waals surface area (Å²) in [6, 6.07) is 6.21. The summed E-state index contributed by atoms with van der Waals surface area (Å²) in [6.07, 6.45) is 5.57. The molecule has 0 saturated heterocycles. The van der Waals surface area contributed by atoms with Crippen LogP contribution in [0.3, 0.4) is 0 Å². The van der Waals surface area contributed by atoms with Crippen LogP contribution in [0.4, 0.5) is 15.3 Å². The Bertz CT molecular complexity index is 1080. The van der Waals surface area contributed by atoms with E-state index >= 15 is 0 Å². The van der Waals surface area contributed by atoms with Crippen molar-refractivity contribution in [2.45, 2.75) is 32.2 Å². The lowest BCUT2D eigenvalue weighted by Gasteiger charge is -2.12. The number of benzene rings is 1. The smallest absolute Gasteiger partial charge is 0.341 e. The van der Waals surface area contributed by atoms with Gasteiger partial charge >= 0.3 is 5.97 Å². The van der Waals surface area contributed by atoms with Gasteiger partial charge in [-0.2, -0.15) is 0 Å². The molecule has 3 aromatic rings. The monoisotopic (exact) mass is 445 g/mol. The number of halogens is 1. The Balaban J connectivity index is 1.44. The number of fused-ring (bicyclic) bond motifs is 1. The highest BCUT2D eigenvalue weighted by atomic mass is 32.1. The number of anilines is 2. The molecule has 0 spiro atoms. The van der Waals surface area contributed by atoms with Crippen molar-refractivity contribution in [3.05, 3.63) is 58.0 Å². The lowest BCUT2D eigenvalue weighted by molar-refractivity contribution is 0.0601. The van der Waals surface area contributed by atoms with E-state index in [1.165, 1.54) is 35.5 Å². The van der Waals surface area contributed by atoms with E-state index in [-0.39, 0.29) is 11.8 Å². The molecule has 1 aromatic carbocycles. The molecule has 0 saturated carbocycles. The highest BCUT2D eigenvalue weighted by Gasteiger charge is 2.26. The van der Waals surface area contributed by atoms with Crippen LogP contribution in [0.2, 0.25) is 0 Å². The van der Waals surface area contributed by atoms with Crippen molar-refractivity contribution in [1.29, 1.82) is 0 Å². The Hall–Kier alpha value is -2.85. The number of nitrogens with one attached hydrogen (secondary N) is 2. The minimum atomic E-state index is -0.360. The van der Waals surface area contributed by atoms with Gasteiger partial charge in [-0.15, -0.1) is 16.4 Å². The van der Waals surface area contributed by atoms with Gasteiger partial charge in [0, 0.05) is 4.88 Å². The Morgan fingerprint density at radius 2 is 2.03 bits per heavy atom. The number of esters is 1. The van der Waals surface area contributed by atoms with Gasteiger partial charge in [0.25, 0.3) is 0 Å². The van der Waals surface area contributed by atoms with E-state index in [2.05, 4.69) is 20.7 Å². The van der Waals surface area contributed by atoms with Crippen LogP contribution in [0.25, 0.3) is 0 Å². The predicted octanol–water partition coefficient (Wildman–Crippen LogP) is 4.00. The van der Waals surface area contributed by atoms with Crippen molar-refractivity contribution in [2.75, 3.05) is 17.7 Å². The Morgan fingerprint density at radius 3 is 2.80 bits per heavy atom. The molecule has 4 rings (SSSR count). The largest absolute Gasteiger partial charge is 0.465 e. The summed E-state index contributed by atoms with van der Waals surface area (Å²) in [5.74, 6) is -0.311. The molecule has 2 heterocycles. The third-order valence-corrected chi connectivity index (χ3v) is 6.22. The van der Waals surface area contributed by atoms with Crippen LogP contribution in [0.15, 0.2) is 30.6 Å². The number of methoxy groups -OCH3 is 1. The standard InChI is InChI=1S/C20H20FN5O2S2/c1-28-18(27)16-14-4-2-3-5-15(14)30-17(16)23-20(29)24-19-22-11-26(25-19)10-12-6-8-13(21)9-7-12/h6-9,11H,2-5,10H2,1H3,(H2,23,24,25,29). The number of nitrogens with zero attached hydrogens (tertiary/aromatic N) is 3. The van der Waals surface area contributed by atoms with E-state index < -0.39 is 0 Å². The Labute approximate surface area is 182 Å². The van der Waals surface area contributed by atoms with Crippen molar-refractivity contribution in [3.8, 4) is 0 Å². The van der Waals surface area contributed by atoms with E-state index in [1.54, 1.807) is 23.1 Å². The number of thiocarbonyl (C=S) groups is 1. The van der Waals surface area contributed by atoms with Crippen LogP contribution in [-0.2, 0) is 24.1 Å². The minimum absolute atomic E-state index is 0.280. The molecule has 156 valence electrons. The summed E-state index contributed by atoms with van der Waals surface area (Å²) in [4.78, 5) is 17.7. The van der Waals surface area contributed by atoms with Gasteiger partial charge < -0.3 is 10.1 Å². The van der Waals surface area contributed by atoms with Gasteiger partial charge in [-0.05, 0) is 61.2 Å². The topological polar surface area (TPSA) is 81.1 Å². The van der Waals surface area contributed by atoms with Gasteiger partial charge in [0.2, 0.25) is 5.95 Å². The molecular weight excluding hydrogens is 425 g/mol. The molecular formula is C20H20FN5O2S2. The first-order valence-corrected chi connectivity index (χ1v) is 10.7. The number of aryl methyl sites for hydroxylation is 1. The molecule has 0 amide bonds. The maximum Gasteiger partial charge on any atom is 0.341 e. The number of rotatable bonds is 5. The zero-order valence-electron chi connectivity index (χ0n) is 16.3. The van der Waals surface area contributed by atoms with Crippen LogP contribution in [0.5, 0.6) is 0 Å². The van der Waals surface area contributed by atoms with Crippen molar-refractivity contribution < 1.29 is 13.9 Å². The molecule has 0 atom stereocenters. The second-order valence-corrected chi connectivity index (χ2v) is 8.39. The van der Waals surface area contributed by atoms with E-state index in [4.69, 9.17) is 17.0 Å². The summed E-state index contributed by atoms with van der Waals surface area (Å²) in [6.45, 7) is 0.458. The third-order valence-electron chi connectivity index (χ3n) is 4.81. The maximum atomic E-state index is 13.0. The van der Waals surface area contributed by atoms with Gasteiger partial charge in [-0.3, -0.25) is 5.32 Å². The van der Waals surface area contributed by atoms with E-state index in [0.717, 1.165) is 36.8 Å².